The summed E-state index contributed by atoms with van der Waals surface area (Å²) >= 11 is 0. The summed E-state index contributed by atoms with van der Waals surface area (Å²) in [6.07, 6.45) is 6.34. The first-order chi connectivity index (χ1) is 16.5. The normalized spacial score (nSPS) is 21.1. The minimum Gasteiger partial charge on any atom is -0.304 e. The molecule has 2 aromatic rings. The number of piperazine rings is 1. The highest BCUT2D eigenvalue weighted by atomic mass is 16.2. The van der Waals surface area contributed by atoms with Crippen molar-refractivity contribution in [3.63, 3.8) is 0 Å². The van der Waals surface area contributed by atoms with E-state index in [0.717, 1.165) is 52.0 Å². The molecular formula is C26H33N7O. The fraction of sp³-hybridized carbons (Fsp3) is 0.462. The third-order valence-corrected chi connectivity index (χ3v) is 6.93. The molecule has 1 N–H and O–H groups in total. The Morgan fingerprint density at radius 2 is 2.00 bits per heavy atom. The van der Waals surface area contributed by atoms with Gasteiger partial charge in [0.25, 0.3) is 5.91 Å². The third kappa shape index (κ3) is 5.44. The van der Waals surface area contributed by atoms with Gasteiger partial charge < -0.3 is 4.90 Å². The second-order valence-corrected chi connectivity index (χ2v) is 9.35. The highest BCUT2D eigenvalue weighted by Crippen LogP contribution is 2.32. The first kappa shape index (κ1) is 23.9. The van der Waals surface area contributed by atoms with Gasteiger partial charge in [-0.25, -0.2) is 4.98 Å². The number of benzene rings is 1. The summed E-state index contributed by atoms with van der Waals surface area (Å²) in [6.45, 7) is 11.2. The number of hydrazine groups is 1. The van der Waals surface area contributed by atoms with Crippen molar-refractivity contribution >= 4 is 17.8 Å². The lowest BCUT2D eigenvalue weighted by Crippen LogP contribution is -2.50. The molecule has 1 aliphatic heterocycles. The molecule has 0 spiro atoms. The van der Waals surface area contributed by atoms with Crippen LogP contribution in [-0.2, 0) is 6.54 Å². The number of hydrogen-bond donors (Lipinski definition) is 1. The molecule has 1 aromatic carbocycles. The third-order valence-electron chi connectivity index (χ3n) is 6.93. The largest absolute Gasteiger partial charge is 0.304 e. The molecule has 2 atom stereocenters. The molecule has 34 heavy (non-hydrogen) atoms. The summed E-state index contributed by atoms with van der Waals surface area (Å²) in [5.74, 6) is 0.765. The van der Waals surface area contributed by atoms with Crippen LogP contribution in [0.1, 0.15) is 53.5 Å². The van der Waals surface area contributed by atoms with Crippen molar-refractivity contribution in [1.29, 1.82) is 5.26 Å². The molecule has 4 rings (SSSR count). The Kier molecular flexibility index (Phi) is 7.56. The number of nitriles is 1. The van der Waals surface area contributed by atoms with Gasteiger partial charge in [-0.05, 0) is 43.5 Å². The van der Waals surface area contributed by atoms with Crippen LogP contribution in [0.15, 0.2) is 37.0 Å². The lowest BCUT2D eigenvalue weighted by molar-refractivity contribution is 0.0941. The summed E-state index contributed by atoms with van der Waals surface area (Å²) in [5.41, 5.74) is 5.56. The van der Waals surface area contributed by atoms with Gasteiger partial charge in [0.15, 0.2) is 5.82 Å². The Morgan fingerprint density at radius 1 is 1.26 bits per heavy atom. The predicted molar refractivity (Wildman–Crippen MR) is 133 cm³/mol. The lowest BCUT2D eigenvalue weighted by Gasteiger charge is -2.33. The number of amides is 1. The van der Waals surface area contributed by atoms with Crippen LogP contribution in [0.25, 0.3) is 6.08 Å². The summed E-state index contributed by atoms with van der Waals surface area (Å²) in [6, 6.07) is 9.91. The topological polar surface area (TPSA) is 88.4 Å². The van der Waals surface area contributed by atoms with E-state index in [2.05, 4.69) is 45.7 Å². The van der Waals surface area contributed by atoms with Crippen LogP contribution in [0, 0.1) is 17.2 Å². The Bertz CT molecular complexity index is 1050. The molecule has 1 aliphatic carbocycles. The number of aromatic nitrogens is 2. The molecule has 8 nitrogen and oxygen atoms in total. The fourth-order valence-electron chi connectivity index (χ4n) is 4.78. The molecule has 1 unspecified atom stereocenters. The van der Waals surface area contributed by atoms with Crippen LogP contribution < -0.4 is 10.4 Å². The number of carbonyl (C=O) groups is 1. The maximum Gasteiger partial charge on any atom is 0.269 e. The van der Waals surface area contributed by atoms with Crippen LogP contribution in [-0.4, -0.2) is 64.9 Å². The average molecular weight is 460 g/mol. The van der Waals surface area contributed by atoms with E-state index in [1.165, 1.54) is 5.56 Å². The molecule has 0 bridgehead atoms. The maximum atomic E-state index is 13.3. The number of nitrogens with one attached hydrogen (secondary N) is 1. The highest BCUT2D eigenvalue weighted by Gasteiger charge is 2.33. The zero-order valence-corrected chi connectivity index (χ0v) is 20.1. The van der Waals surface area contributed by atoms with Gasteiger partial charge in [0.1, 0.15) is 6.07 Å². The van der Waals surface area contributed by atoms with Gasteiger partial charge in [-0.1, -0.05) is 38.1 Å². The van der Waals surface area contributed by atoms with Crippen molar-refractivity contribution in [1.82, 2.24) is 25.2 Å². The number of carbonyl (C=O) groups excluding carboxylic acids is 1. The van der Waals surface area contributed by atoms with Gasteiger partial charge in [-0.15, -0.1) is 0 Å². The molecule has 2 fully saturated rings. The van der Waals surface area contributed by atoms with Gasteiger partial charge in [0.2, 0.25) is 5.82 Å². The molecule has 178 valence electrons. The second kappa shape index (κ2) is 10.8. The molecular weight excluding hydrogens is 426 g/mol. The van der Waals surface area contributed by atoms with Crippen molar-refractivity contribution < 1.29 is 4.79 Å². The summed E-state index contributed by atoms with van der Waals surface area (Å²) in [7, 11) is 2.15. The molecule has 1 amide bonds. The summed E-state index contributed by atoms with van der Waals surface area (Å²) < 4.78 is 0. The van der Waals surface area contributed by atoms with Crippen LogP contribution >= 0.6 is 0 Å². The van der Waals surface area contributed by atoms with Gasteiger partial charge in [-0.3, -0.25) is 20.1 Å². The fourth-order valence-corrected chi connectivity index (χ4v) is 4.78. The predicted octanol–water partition coefficient (Wildman–Crippen LogP) is 3.08. The standard InChI is InChI=1S/C26H33N7O/c1-4-21-17-28-24(16-27)29-25(21)33(23-7-5-6-19(23)2)30-26(34)22-10-8-20(9-11-22)18-32-14-12-31(3)13-15-32/h4,8-11,17,19,23H,1,5-7,12-15,18H2,2-3H3,(H,30,34)/t19?,23-/m0/s1. The quantitative estimate of drug-likeness (QED) is 0.637. The van der Waals surface area contributed by atoms with Gasteiger partial charge in [-0.2, -0.15) is 10.2 Å². The van der Waals surface area contributed by atoms with E-state index < -0.39 is 0 Å². The van der Waals surface area contributed by atoms with E-state index in [-0.39, 0.29) is 17.8 Å². The summed E-state index contributed by atoms with van der Waals surface area (Å²) in [4.78, 5) is 26.6. The van der Waals surface area contributed by atoms with E-state index in [1.807, 2.05) is 35.3 Å². The number of rotatable bonds is 7. The van der Waals surface area contributed by atoms with Crippen LogP contribution in [0.4, 0.5) is 5.82 Å². The van der Waals surface area contributed by atoms with Gasteiger partial charge in [0.05, 0.1) is 6.04 Å². The molecule has 1 saturated carbocycles. The van der Waals surface area contributed by atoms with Crippen LogP contribution in [0.2, 0.25) is 0 Å². The van der Waals surface area contributed by atoms with Crippen molar-refractivity contribution in [2.24, 2.45) is 5.92 Å². The van der Waals surface area contributed by atoms with Crippen molar-refractivity contribution in [2.75, 3.05) is 38.2 Å². The number of anilines is 1. The Labute approximate surface area is 201 Å². The minimum absolute atomic E-state index is 0.0683. The van der Waals surface area contributed by atoms with E-state index in [9.17, 15) is 10.1 Å². The van der Waals surface area contributed by atoms with Gasteiger partial charge in [0, 0.05) is 50.0 Å². The van der Waals surface area contributed by atoms with Crippen molar-refractivity contribution in [3.8, 4) is 6.07 Å². The summed E-state index contributed by atoms with van der Waals surface area (Å²) in [5, 5.41) is 11.2. The van der Waals surface area contributed by atoms with E-state index in [4.69, 9.17) is 0 Å². The second-order valence-electron chi connectivity index (χ2n) is 9.35. The smallest absolute Gasteiger partial charge is 0.269 e. The number of nitrogens with zero attached hydrogens (tertiary/aromatic N) is 6. The SMILES string of the molecule is C=Cc1cnc(C#N)nc1N(NC(=O)c1ccc(CN2CCN(C)CC2)cc1)[C@H]1CCCC1C. The Hall–Kier alpha value is -3.28. The zero-order valence-electron chi connectivity index (χ0n) is 20.1. The lowest BCUT2D eigenvalue weighted by atomic mass is 10.1. The Balaban J connectivity index is 1.52. The van der Waals surface area contributed by atoms with Gasteiger partial charge >= 0.3 is 0 Å². The molecule has 2 aliphatic rings. The number of hydrogen-bond acceptors (Lipinski definition) is 7. The van der Waals surface area contributed by atoms with E-state index in [0.29, 0.717) is 22.9 Å². The molecule has 0 radical (unpaired) electrons. The van der Waals surface area contributed by atoms with E-state index in [1.54, 1.807) is 12.3 Å². The molecule has 2 heterocycles. The molecule has 1 saturated heterocycles. The first-order valence-corrected chi connectivity index (χ1v) is 12.0. The maximum absolute atomic E-state index is 13.3. The first-order valence-electron chi connectivity index (χ1n) is 12.0. The molecule has 8 heteroatoms. The Morgan fingerprint density at radius 3 is 2.62 bits per heavy atom. The average Bonchev–Trinajstić information content (AvgIpc) is 3.29. The number of likely N-dealkylation sites (N-methyl/N-ethyl adjacent to an activating group) is 1. The van der Waals surface area contributed by atoms with Crippen LogP contribution in [0.5, 0.6) is 0 Å². The molecule has 1 aromatic heterocycles. The van der Waals surface area contributed by atoms with Crippen molar-refractivity contribution in [2.45, 2.75) is 38.8 Å². The van der Waals surface area contributed by atoms with Crippen molar-refractivity contribution in [3.05, 3.63) is 59.6 Å². The van der Waals surface area contributed by atoms with E-state index >= 15 is 0 Å². The highest BCUT2D eigenvalue weighted by molar-refractivity contribution is 5.95. The monoisotopic (exact) mass is 459 g/mol. The van der Waals surface area contributed by atoms with Crippen LogP contribution in [0.3, 0.4) is 0 Å². The minimum atomic E-state index is -0.197. The zero-order chi connectivity index (χ0) is 24.1.